The van der Waals surface area contributed by atoms with Gasteiger partial charge in [0.2, 0.25) is 11.8 Å². The fourth-order valence-electron chi connectivity index (χ4n) is 2.59. The van der Waals surface area contributed by atoms with E-state index in [4.69, 9.17) is 11.6 Å². The molecule has 2 aromatic carbocycles. The molecule has 28 heavy (non-hydrogen) atoms. The zero-order valence-corrected chi connectivity index (χ0v) is 16.1. The zero-order chi connectivity index (χ0) is 19.9. The Balaban J connectivity index is 1.50. The van der Waals surface area contributed by atoms with Crippen LogP contribution < -0.4 is 10.6 Å². The lowest BCUT2D eigenvalue weighted by Gasteiger charge is -2.12. The van der Waals surface area contributed by atoms with Gasteiger partial charge in [-0.2, -0.15) is 5.10 Å². The van der Waals surface area contributed by atoms with Gasteiger partial charge in [0.05, 0.1) is 0 Å². The number of nitrogens with one attached hydrogen (secondary N) is 2. The lowest BCUT2D eigenvalue weighted by atomic mass is 10.1. The highest BCUT2D eigenvalue weighted by molar-refractivity contribution is 6.31. The van der Waals surface area contributed by atoms with Crippen LogP contribution in [0.25, 0.3) is 0 Å². The van der Waals surface area contributed by atoms with Gasteiger partial charge in [0.1, 0.15) is 18.7 Å². The number of aryl methyl sites for hydroxylation is 1. The predicted octanol–water partition coefficient (Wildman–Crippen LogP) is 3.70. The molecule has 144 valence electrons. The molecule has 0 fully saturated rings. The molecule has 0 bridgehead atoms. The third kappa shape index (κ3) is 5.17. The summed E-state index contributed by atoms with van der Waals surface area (Å²) in [4.78, 5) is 28.2. The van der Waals surface area contributed by atoms with E-state index in [2.05, 4.69) is 20.7 Å². The maximum Gasteiger partial charge on any atom is 0.249 e. The Morgan fingerprint density at radius 3 is 2.39 bits per heavy atom. The number of halogens is 1. The smallest absolute Gasteiger partial charge is 0.249 e. The van der Waals surface area contributed by atoms with E-state index < -0.39 is 6.04 Å². The second-order valence-electron chi connectivity index (χ2n) is 6.26. The Labute approximate surface area is 167 Å². The van der Waals surface area contributed by atoms with Gasteiger partial charge < -0.3 is 10.6 Å². The minimum absolute atomic E-state index is 0.100. The van der Waals surface area contributed by atoms with E-state index in [1.54, 1.807) is 31.2 Å². The summed E-state index contributed by atoms with van der Waals surface area (Å²) in [7, 11) is 0. The van der Waals surface area contributed by atoms with Crippen LogP contribution >= 0.6 is 11.6 Å². The standard InChI is InChI=1S/C20H20ClN5O2/c1-14(26-13-22-12-23-26)20(28)25-17-9-7-16(8-10-17)24-19(27)11-6-15-4-2-3-5-18(15)21/h2-5,7-10,12-14H,6,11H2,1H3,(H,24,27)(H,25,28)/t14-/m1/s1. The fourth-order valence-corrected chi connectivity index (χ4v) is 2.82. The van der Waals surface area contributed by atoms with E-state index in [1.165, 1.54) is 17.3 Å². The number of hydrogen-bond acceptors (Lipinski definition) is 4. The van der Waals surface area contributed by atoms with Crippen molar-refractivity contribution >= 4 is 34.8 Å². The molecule has 1 aromatic heterocycles. The molecule has 0 saturated carbocycles. The lowest BCUT2D eigenvalue weighted by molar-refractivity contribution is -0.119. The van der Waals surface area contributed by atoms with E-state index in [1.807, 2.05) is 24.3 Å². The summed E-state index contributed by atoms with van der Waals surface area (Å²) in [5.41, 5.74) is 2.23. The van der Waals surface area contributed by atoms with Crippen LogP contribution in [0.4, 0.5) is 11.4 Å². The molecule has 2 N–H and O–H groups in total. The van der Waals surface area contributed by atoms with Gasteiger partial charge in [-0.05, 0) is 49.2 Å². The quantitative estimate of drug-likeness (QED) is 0.636. The number of nitrogens with zero attached hydrogens (tertiary/aromatic N) is 3. The summed E-state index contributed by atoms with van der Waals surface area (Å²) < 4.78 is 1.48. The summed E-state index contributed by atoms with van der Waals surface area (Å²) in [5, 5.41) is 10.3. The van der Waals surface area contributed by atoms with Crippen LogP contribution in [0.1, 0.15) is 24.9 Å². The number of amides is 2. The number of carbonyl (C=O) groups is 2. The number of hydrogen-bond donors (Lipinski definition) is 2. The highest BCUT2D eigenvalue weighted by Crippen LogP contribution is 2.18. The highest BCUT2D eigenvalue weighted by Gasteiger charge is 2.15. The summed E-state index contributed by atoms with van der Waals surface area (Å²) >= 11 is 6.11. The van der Waals surface area contributed by atoms with Gasteiger partial charge in [0.25, 0.3) is 0 Å². The number of rotatable bonds is 7. The molecule has 3 aromatic rings. The third-order valence-electron chi connectivity index (χ3n) is 4.23. The van der Waals surface area contributed by atoms with E-state index in [0.29, 0.717) is 29.2 Å². The molecule has 7 nitrogen and oxygen atoms in total. The Morgan fingerprint density at radius 1 is 1.07 bits per heavy atom. The first-order valence-corrected chi connectivity index (χ1v) is 9.19. The van der Waals surface area contributed by atoms with E-state index in [-0.39, 0.29) is 11.8 Å². The Bertz CT molecular complexity index is 941. The third-order valence-corrected chi connectivity index (χ3v) is 4.60. The molecule has 3 rings (SSSR count). The molecule has 0 spiro atoms. The fraction of sp³-hybridized carbons (Fsp3) is 0.200. The summed E-state index contributed by atoms with van der Waals surface area (Å²) in [6, 6.07) is 13.9. The van der Waals surface area contributed by atoms with Crippen molar-refractivity contribution in [2.45, 2.75) is 25.8 Å². The topological polar surface area (TPSA) is 88.9 Å². The van der Waals surface area contributed by atoms with Crippen molar-refractivity contribution in [3.8, 4) is 0 Å². The average molecular weight is 398 g/mol. The van der Waals surface area contributed by atoms with Crippen LogP contribution in [0.15, 0.2) is 61.2 Å². The molecule has 2 amide bonds. The minimum atomic E-state index is -0.480. The van der Waals surface area contributed by atoms with Crippen molar-refractivity contribution in [1.82, 2.24) is 14.8 Å². The molecule has 0 aliphatic carbocycles. The van der Waals surface area contributed by atoms with E-state index >= 15 is 0 Å². The van der Waals surface area contributed by atoms with Crippen LogP contribution in [0.3, 0.4) is 0 Å². The number of benzene rings is 2. The molecule has 0 unspecified atom stereocenters. The van der Waals surface area contributed by atoms with E-state index in [0.717, 1.165) is 5.56 Å². The molecule has 8 heteroatoms. The predicted molar refractivity (Wildman–Crippen MR) is 108 cm³/mol. The van der Waals surface area contributed by atoms with Crippen molar-refractivity contribution in [1.29, 1.82) is 0 Å². The van der Waals surface area contributed by atoms with Gasteiger partial charge in [-0.1, -0.05) is 29.8 Å². The van der Waals surface area contributed by atoms with Gasteiger partial charge in [0, 0.05) is 22.8 Å². The number of carbonyl (C=O) groups excluding carboxylic acids is 2. The first kappa shape index (κ1) is 19.6. The normalized spacial score (nSPS) is 11.6. The molecule has 0 saturated heterocycles. The van der Waals surface area contributed by atoms with Crippen molar-refractivity contribution in [2.24, 2.45) is 0 Å². The molecular formula is C20H20ClN5O2. The molecule has 0 aliphatic rings. The largest absolute Gasteiger partial charge is 0.326 e. The first-order chi connectivity index (χ1) is 13.5. The second-order valence-corrected chi connectivity index (χ2v) is 6.66. The van der Waals surface area contributed by atoms with Gasteiger partial charge in [-0.3, -0.25) is 9.59 Å². The van der Waals surface area contributed by atoms with Gasteiger partial charge in [-0.15, -0.1) is 0 Å². The Hall–Kier alpha value is -3.19. The monoisotopic (exact) mass is 397 g/mol. The SMILES string of the molecule is C[C@H](C(=O)Nc1ccc(NC(=O)CCc2ccccc2Cl)cc1)n1cncn1. The van der Waals surface area contributed by atoms with Gasteiger partial charge in [-0.25, -0.2) is 9.67 Å². The summed E-state index contributed by atoms with van der Waals surface area (Å²) in [6.07, 6.45) is 3.77. The molecule has 1 atom stereocenters. The Kier molecular flexibility index (Phi) is 6.39. The van der Waals surface area contributed by atoms with Crippen molar-refractivity contribution in [2.75, 3.05) is 10.6 Å². The van der Waals surface area contributed by atoms with Gasteiger partial charge in [0.15, 0.2) is 0 Å². The molecular weight excluding hydrogens is 378 g/mol. The molecule has 0 radical (unpaired) electrons. The van der Waals surface area contributed by atoms with Crippen LogP contribution in [0.2, 0.25) is 5.02 Å². The molecule has 0 aliphatic heterocycles. The first-order valence-electron chi connectivity index (χ1n) is 8.81. The summed E-state index contributed by atoms with van der Waals surface area (Å²) in [5.74, 6) is -0.307. The second kappa shape index (κ2) is 9.14. The minimum Gasteiger partial charge on any atom is -0.326 e. The van der Waals surface area contributed by atoms with Crippen LogP contribution in [-0.2, 0) is 16.0 Å². The van der Waals surface area contributed by atoms with Gasteiger partial charge >= 0.3 is 0 Å². The molecule has 1 heterocycles. The van der Waals surface area contributed by atoms with E-state index in [9.17, 15) is 9.59 Å². The number of aromatic nitrogens is 3. The van der Waals surface area contributed by atoms with Crippen LogP contribution in [-0.4, -0.2) is 26.6 Å². The average Bonchev–Trinajstić information content (AvgIpc) is 3.23. The zero-order valence-electron chi connectivity index (χ0n) is 15.3. The van der Waals surface area contributed by atoms with Crippen molar-refractivity contribution in [3.63, 3.8) is 0 Å². The van der Waals surface area contributed by atoms with Crippen LogP contribution in [0, 0.1) is 0 Å². The highest BCUT2D eigenvalue weighted by atomic mass is 35.5. The van der Waals surface area contributed by atoms with Crippen LogP contribution in [0.5, 0.6) is 0 Å². The Morgan fingerprint density at radius 2 is 1.75 bits per heavy atom. The lowest BCUT2D eigenvalue weighted by Crippen LogP contribution is -2.24. The van der Waals surface area contributed by atoms with Crippen molar-refractivity contribution < 1.29 is 9.59 Å². The maximum absolute atomic E-state index is 12.2. The number of anilines is 2. The summed E-state index contributed by atoms with van der Waals surface area (Å²) in [6.45, 7) is 1.73. The maximum atomic E-state index is 12.2. The van der Waals surface area contributed by atoms with Crippen molar-refractivity contribution in [3.05, 3.63) is 71.8 Å².